The predicted molar refractivity (Wildman–Crippen MR) is 125 cm³/mol. The lowest BCUT2D eigenvalue weighted by Crippen LogP contribution is -2.16. The van der Waals surface area contributed by atoms with Crippen molar-refractivity contribution in [2.75, 3.05) is 17.1 Å². The van der Waals surface area contributed by atoms with Crippen LogP contribution in [0.1, 0.15) is 6.92 Å². The summed E-state index contributed by atoms with van der Waals surface area (Å²) < 4.78 is 71.0. The van der Waals surface area contributed by atoms with Crippen molar-refractivity contribution < 1.29 is 21.6 Å². The predicted octanol–water partition coefficient (Wildman–Crippen LogP) is 4.38. The van der Waals surface area contributed by atoms with Crippen molar-refractivity contribution in [3.63, 3.8) is 0 Å². The smallest absolute Gasteiger partial charge is 0.264 e. The van der Waals surface area contributed by atoms with E-state index in [0.29, 0.717) is 23.9 Å². The number of anilines is 2. The number of nitrogens with one attached hydrogen (secondary N) is 1. The Balaban J connectivity index is 2.10. The Morgan fingerprint density at radius 1 is 1.29 bits per heavy atom. The number of nitrogen functional groups attached to an aromatic ring is 1. The van der Waals surface area contributed by atoms with Crippen LogP contribution < -0.4 is 10.5 Å². The molecule has 0 saturated heterocycles. The van der Waals surface area contributed by atoms with Crippen LogP contribution >= 0.6 is 0 Å². The zero-order valence-corrected chi connectivity index (χ0v) is 18.9. The van der Waals surface area contributed by atoms with Crippen molar-refractivity contribution >= 4 is 21.7 Å². The van der Waals surface area contributed by atoms with E-state index in [-0.39, 0.29) is 17.2 Å². The van der Waals surface area contributed by atoms with Crippen LogP contribution in [0, 0.1) is 5.82 Å². The summed E-state index contributed by atoms with van der Waals surface area (Å²) in [4.78, 5) is 7.13. The van der Waals surface area contributed by atoms with E-state index in [1.165, 1.54) is 24.4 Å². The molecule has 2 heterocycles. The first-order chi connectivity index (χ1) is 16.2. The monoisotopic (exact) mass is 490 g/mol. The van der Waals surface area contributed by atoms with Crippen molar-refractivity contribution in [3.05, 3.63) is 78.0 Å². The first-order valence-electron chi connectivity index (χ1n) is 9.94. The maximum atomic E-state index is 15.5. The van der Waals surface area contributed by atoms with E-state index in [1.54, 1.807) is 16.9 Å². The number of hydrogen-bond donors (Lipinski definition) is 2. The lowest BCUT2D eigenvalue weighted by molar-refractivity contribution is 0.559. The van der Waals surface area contributed by atoms with Crippen LogP contribution in [0.15, 0.2) is 72.2 Å². The number of allylic oxidation sites excluding steroid dienone is 4. The third kappa shape index (κ3) is 5.17. The average molecular weight is 491 g/mol. The molecule has 34 heavy (non-hydrogen) atoms. The second-order valence-electron chi connectivity index (χ2n) is 6.79. The van der Waals surface area contributed by atoms with Gasteiger partial charge in [-0.1, -0.05) is 18.7 Å². The second-order valence-corrected chi connectivity index (χ2v) is 8.44. The molecule has 0 bridgehead atoms. The van der Waals surface area contributed by atoms with Gasteiger partial charge in [0.25, 0.3) is 10.0 Å². The molecule has 0 unspecified atom stereocenters. The highest BCUT2D eigenvalue weighted by molar-refractivity contribution is 7.96. The number of nitrogens with zero attached hydrogens (tertiary/aromatic N) is 4. The molecular formula is C22H21F3N6O2S. The van der Waals surface area contributed by atoms with Gasteiger partial charge in [0.05, 0.1) is 11.4 Å². The highest BCUT2D eigenvalue weighted by atomic mass is 32.2. The molecule has 0 amide bonds. The minimum atomic E-state index is -4.58. The van der Waals surface area contributed by atoms with Crippen LogP contribution in [0.4, 0.5) is 24.8 Å². The number of halogens is 3. The number of hydrogen-bond acceptors (Lipinski definition) is 6. The standard InChI is InChI=1S/C22H21F3N6O2S/c1-3-19(16(24)8-6-11-23)34(32,33)30-18-9-5-7-14(20(18)25)21-15(13-31(4-2)29-21)17-10-12-27-22(26)28-17/h3,5-10,12-13,30H,1,4,11H2,2H3,(H2,26,27,28)/b8-6-,19-16-. The summed E-state index contributed by atoms with van der Waals surface area (Å²) in [5, 5.41) is 4.38. The lowest BCUT2D eigenvalue weighted by atomic mass is 10.0. The average Bonchev–Trinajstić information content (AvgIpc) is 3.23. The lowest BCUT2D eigenvalue weighted by Gasteiger charge is -2.12. The fourth-order valence-electron chi connectivity index (χ4n) is 3.05. The van der Waals surface area contributed by atoms with Gasteiger partial charge >= 0.3 is 0 Å². The van der Waals surface area contributed by atoms with Crippen LogP contribution in [0.25, 0.3) is 22.5 Å². The quantitative estimate of drug-likeness (QED) is 0.430. The zero-order chi connectivity index (χ0) is 24.9. The molecule has 0 aliphatic rings. The van der Waals surface area contributed by atoms with Gasteiger partial charge in [0.1, 0.15) is 23.1 Å². The summed E-state index contributed by atoms with van der Waals surface area (Å²) in [5.41, 5.74) is 6.24. The van der Waals surface area contributed by atoms with Crippen molar-refractivity contribution in [1.29, 1.82) is 0 Å². The van der Waals surface area contributed by atoms with Gasteiger partial charge in [0.15, 0.2) is 5.82 Å². The van der Waals surface area contributed by atoms with Crippen molar-refractivity contribution in [2.45, 2.75) is 13.5 Å². The molecule has 1 aromatic carbocycles. The van der Waals surface area contributed by atoms with Crippen LogP contribution in [-0.2, 0) is 16.6 Å². The molecular weight excluding hydrogens is 469 g/mol. The normalized spacial score (nSPS) is 12.6. The minimum Gasteiger partial charge on any atom is -0.368 e. The Bertz CT molecular complexity index is 1380. The van der Waals surface area contributed by atoms with Crippen molar-refractivity contribution in [3.8, 4) is 22.5 Å². The van der Waals surface area contributed by atoms with Crippen LogP contribution in [0.5, 0.6) is 0 Å². The van der Waals surface area contributed by atoms with Gasteiger partial charge < -0.3 is 5.73 Å². The number of aromatic nitrogens is 4. The van der Waals surface area contributed by atoms with Gasteiger partial charge in [-0.05, 0) is 37.3 Å². The van der Waals surface area contributed by atoms with E-state index in [9.17, 15) is 17.2 Å². The largest absolute Gasteiger partial charge is 0.368 e. The summed E-state index contributed by atoms with van der Waals surface area (Å²) in [6.07, 6.45) is 5.28. The zero-order valence-electron chi connectivity index (χ0n) is 18.0. The van der Waals surface area contributed by atoms with Crippen LogP contribution in [-0.4, -0.2) is 34.8 Å². The van der Waals surface area contributed by atoms with Gasteiger partial charge in [-0.3, -0.25) is 9.40 Å². The molecule has 3 aromatic rings. The number of sulfonamides is 1. The van der Waals surface area contributed by atoms with E-state index >= 15 is 4.39 Å². The fraction of sp³-hybridized carbons (Fsp3) is 0.136. The Hall–Kier alpha value is -3.93. The minimum absolute atomic E-state index is 0.0160. The highest BCUT2D eigenvalue weighted by Crippen LogP contribution is 2.35. The molecule has 8 nitrogen and oxygen atoms in total. The Kier molecular flexibility index (Phi) is 7.51. The summed E-state index contributed by atoms with van der Waals surface area (Å²) in [5.74, 6) is -2.18. The van der Waals surface area contributed by atoms with E-state index < -0.39 is 38.9 Å². The van der Waals surface area contributed by atoms with Gasteiger partial charge in [-0.25, -0.2) is 31.6 Å². The van der Waals surface area contributed by atoms with Gasteiger partial charge in [0.2, 0.25) is 5.95 Å². The first-order valence-corrected chi connectivity index (χ1v) is 11.4. The molecule has 12 heteroatoms. The molecule has 0 saturated carbocycles. The topological polar surface area (TPSA) is 116 Å². The molecule has 3 N–H and O–H groups in total. The second kappa shape index (κ2) is 10.3. The molecule has 3 rings (SSSR count). The van der Waals surface area contributed by atoms with E-state index in [0.717, 1.165) is 12.2 Å². The summed E-state index contributed by atoms with van der Waals surface area (Å²) >= 11 is 0. The molecule has 178 valence electrons. The summed E-state index contributed by atoms with van der Waals surface area (Å²) in [7, 11) is -4.58. The molecule has 0 fully saturated rings. The molecule has 0 spiro atoms. The van der Waals surface area contributed by atoms with Crippen molar-refractivity contribution in [1.82, 2.24) is 19.7 Å². The number of nitrogens with two attached hydrogens (primary N) is 1. The third-order valence-corrected chi connectivity index (χ3v) is 6.03. The Labute approximate surface area is 194 Å². The first kappa shape index (κ1) is 24.7. The Morgan fingerprint density at radius 2 is 2.06 bits per heavy atom. The van der Waals surface area contributed by atoms with E-state index in [2.05, 4.69) is 21.6 Å². The maximum absolute atomic E-state index is 15.5. The molecule has 0 atom stereocenters. The molecule has 0 radical (unpaired) electrons. The number of aryl methyl sites for hydroxylation is 1. The SMILES string of the molecule is C=C/C(=C(F)\C=C/CF)S(=O)(=O)Nc1cccc(-c2nn(CC)cc2-c2ccnc(N)n2)c1F. The van der Waals surface area contributed by atoms with Crippen LogP contribution in [0.3, 0.4) is 0 Å². The maximum Gasteiger partial charge on any atom is 0.264 e. The summed E-state index contributed by atoms with van der Waals surface area (Å²) in [6, 6.07) is 5.58. The fourth-order valence-corrected chi connectivity index (χ4v) is 4.15. The van der Waals surface area contributed by atoms with Crippen LogP contribution in [0.2, 0.25) is 0 Å². The van der Waals surface area contributed by atoms with E-state index in [1.807, 2.05) is 11.6 Å². The van der Waals surface area contributed by atoms with Gasteiger partial charge in [-0.15, -0.1) is 0 Å². The Morgan fingerprint density at radius 3 is 2.71 bits per heavy atom. The molecule has 2 aromatic heterocycles. The number of benzene rings is 1. The van der Waals surface area contributed by atoms with Gasteiger partial charge in [-0.2, -0.15) is 5.10 Å². The van der Waals surface area contributed by atoms with Gasteiger partial charge in [0, 0.05) is 30.1 Å². The molecule has 0 aliphatic carbocycles. The highest BCUT2D eigenvalue weighted by Gasteiger charge is 2.24. The molecule has 0 aliphatic heterocycles. The summed E-state index contributed by atoms with van der Waals surface area (Å²) in [6.45, 7) is 4.59. The number of rotatable bonds is 9. The van der Waals surface area contributed by atoms with Crippen molar-refractivity contribution in [2.24, 2.45) is 0 Å². The number of alkyl halides is 1. The van der Waals surface area contributed by atoms with E-state index in [4.69, 9.17) is 5.73 Å². The third-order valence-electron chi connectivity index (χ3n) is 4.60.